The predicted molar refractivity (Wildman–Crippen MR) is 113 cm³/mol. The zero-order chi connectivity index (χ0) is 20.4. The van der Waals surface area contributed by atoms with Crippen LogP contribution in [0.3, 0.4) is 0 Å². The first kappa shape index (κ1) is 18.9. The van der Waals surface area contributed by atoms with Gasteiger partial charge in [0.05, 0.1) is 16.8 Å². The van der Waals surface area contributed by atoms with Crippen LogP contribution < -0.4 is 5.73 Å². The summed E-state index contributed by atoms with van der Waals surface area (Å²) in [6, 6.07) is 17.6. The fourth-order valence-electron chi connectivity index (χ4n) is 3.93. The number of pyridine rings is 1. The van der Waals surface area contributed by atoms with Crippen molar-refractivity contribution >= 4 is 34.4 Å². The lowest BCUT2D eigenvalue weighted by Crippen LogP contribution is -2.23. The number of amides is 1. The Kier molecular flexibility index (Phi) is 5.12. The van der Waals surface area contributed by atoms with Gasteiger partial charge in [-0.1, -0.05) is 55.5 Å². The van der Waals surface area contributed by atoms with Gasteiger partial charge in [0.15, 0.2) is 6.61 Å². The summed E-state index contributed by atoms with van der Waals surface area (Å²) >= 11 is 0. The van der Waals surface area contributed by atoms with Crippen LogP contribution in [-0.2, 0) is 16.0 Å². The molecule has 1 aromatic heterocycles. The third kappa shape index (κ3) is 3.90. The van der Waals surface area contributed by atoms with Crippen LogP contribution in [0.5, 0.6) is 0 Å². The van der Waals surface area contributed by atoms with Gasteiger partial charge in [0.1, 0.15) is 0 Å². The molecule has 0 spiro atoms. The van der Waals surface area contributed by atoms with Crippen molar-refractivity contribution in [3.05, 3.63) is 77.0 Å². The summed E-state index contributed by atoms with van der Waals surface area (Å²) in [5.41, 5.74) is 10.3. The summed E-state index contributed by atoms with van der Waals surface area (Å²) in [5, 5.41) is 0.730. The lowest BCUT2D eigenvalue weighted by molar-refractivity contribution is -0.121. The fourth-order valence-corrected chi connectivity index (χ4v) is 3.93. The third-order valence-corrected chi connectivity index (χ3v) is 5.11. The van der Waals surface area contributed by atoms with Crippen LogP contribution in [0, 0.1) is 5.92 Å². The standard InChI is InChI=1S/C24H22N2O3/c1-15-11-17(13-16-7-3-2-4-8-16)23-19(12-15)22(24(28)29-14-21(25)27)18-9-5-6-10-20(18)26-23/h2-10,13,15H,11-12,14H2,1H3,(H2,25,27)/b17-13-/t15-/m0/s1. The number of allylic oxidation sites excluding steroid dienone is 1. The van der Waals surface area contributed by atoms with Crippen molar-refractivity contribution in [1.29, 1.82) is 0 Å². The number of carbonyl (C=O) groups is 2. The van der Waals surface area contributed by atoms with Crippen molar-refractivity contribution in [2.45, 2.75) is 19.8 Å². The molecule has 1 heterocycles. The van der Waals surface area contributed by atoms with Crippen LogP contribution in [0.4, 0.5) is 0 Å². The van der Waals surface area contributed by atoms with Crippen LogP contribution >= 0.6 is 0 Å². The third-order valence-electron chi connectivity index (χ3n) is 5.11. The van der Waals surface area contributed by atoms with Crippen molar-refractivity contribution in [2.24, 2.45) is 11.7 Å². The smallest absolute Gasteiger partial charge is 0.339 e. The van der Waals surface area contributed by atoms with Crippen molar-refractivity contribution in [3.8, 4) is 0 Å². The summed E-state index contributed by atoms with van der Waals surface area (Å²) in [6.07, 6.45) is 3.73. The molecule has 1 amide bonds. The van der Waals surface area contributed by atoms with Crippen LogP contribution in [-0.4, -0.2) is 23.5 Å². The summed E-state index contributed by atoms with van der Waals surface area (Å²) < 4.78 is 5.19. The zero-order valence-electron chi connectivity index (χ0n) is 16.2. The SMILES string of the molecule is C[C@H]1C/C(=C/c2ccccc2)c2nc3ccccc3c(C(=O)OCC(N)=O)c2C1. The van der Waals surface area contributed by atoms with Gasteiger partial charge in [-0.05, 0) is 47.6 Å². The lowest BCUT2D eigenvalue weighted by atomic mass is 9.80. The molecule has 5 nitrogen and oxygen atoms in total. The van der Waals surface area contributed by atoms with Crippen LogP contribution in [0.25, 0.3) is 22.6 Å². The summed E-state index contributed by atoms with van der Waals surface area (Å²) in [6.45, 7) is 1.72. The molecule has 0 saturated carbocycles. The molecule has 3 aromatic rings. The first-order chi connectivity index (χ1) is 14.0. The van der Waals surface area contributed by atoms with Crippen molar-refractivity contribution in [1.82, 2.24) is 4.98 Å². The van der Waals surface area contributed by atoms with E-state index in [1.54, 1.807) is 0 Å². The molecule has 0 saturated heterocycles. The number of ether oxygens (including phenoxy) is 1. The first-order valence-corrected chi connectivity index (χ1v) is 9.66. The van der Waals surface area contributed by atoms with Crippen LogP contribution in [0.15, 0.2) is 54.6 Å². The molecule has 5 heteroatoms. The van der Waals surface area contributed by atoms with E-state index in [-0.39, 0.29) is 0 Å². The molecule has 1 aliphatic rings. The van der Waals surface area contributed by atoms with E-state index < -0.39 is 18.5 Å². The summed E-state index contributed by atoms with van der Waals surface area (Å²) in [7, 11) is 0. The Morgan fingerprint density at radius 3 is 2.59 bits per heavy atom. The van der Waals surface area contributed by atoms with E-state index >= 15 is 0 Å². The molecule has 0 aliphatic heterocycles. The number of nitrogens with two attached hydrogens (primary N) is 1. The molecule has 29 heavy (non-hydrogen) atoms. The number of rotatable bonds is 4. The lowest BCUT2D eigenvalue weighted by Gasteiger charge is -2.26. The number of primary amides is 1. The van der Waals surface area contributed by atoms with Crippen molar-refractivity contribution in [2.75, 3.05) is 6.61 Å². The van der Waals surface area contributed by atoms with Gasteiger partial charge in [0.2, 0.25) is 0 Å². The topological polar surface area (TPSA) is 82.3 Å². The minimum Gasteiger partial charge on any atom is -0.452 e. The maximum atomic E-state index is 12.9. The number of carbonyl (C=O) groups excluding carboxylic acids is 2. The average molecular weight is 386 g/mol. The van der Waals surface area contributed by atoms with Crippen LogP contribution in [0.1, 0.15) is 40.5 Å². The minimum atomic E-state index is -0.677. The van der Waals surface area contributed by atoms with E-state index in [1.807, 2.05) is 42.5 Å². The van der Waals surface area contributed by atoms with E-state index in [4.69, 9.17) is 15.5 Å². The van der Waals surface area contributed by atoms with Crippen LogP contribution in [0.2, 0.25) is 0 Å². The monoisotopic (exact) mass is 386 g/mol. The number of hydrogen-bond acceptors (Lipinski definition) is 4. The Hall–Kier alpha value is -3.47. The highest BCUT2D eigenvalue weighted by Crippen LogP contribution is 2.38. The zero-order valence-corrected chi connectivity index (χ0v) is 16.2. The van der Waals surface area contributed by atoms with E-state index in [1.165, 1.54) is 0 Å². The number of esters is 1. The molecule has 1 aliphatic carbocycles. The van der Waals surface area contributed by atoms with E-state index in [0.29, 0.717) is 11.5 Å². The highest BCUT2D eigenvalue weighted by Gasteiger charge is 2.28. The van der Waals surface area contributed by atoms with Gasteiger partial charge < -0.3 is 10.5 Å². The first-order valence-electron chi connectivity index (χ1n) is 9.66. The van der Waals surface area contributed by atoms with Gasteiger partial charge in [-0.2, -0.15) is 0 Å². The molecule has 0 unspecified atom stereocenters. The average Bonchev–Trinajstić information content (AvgIpc) is 2.71. The molecule has 0 bridgehead atoms. The van der Waals surface area contributed by atoms with Gasteiger partial charge in [-0.25, -0.2) is 9.78 Å². The number of fused-ring (bicyclic) bond motifs is 2. The number of benzene rings is 2. The highest BCUT2D eigenvalue weighted by molar-refractivity contribution is 6.07. The number of hydrogen-bond donors (Lipinski definition) is 1. The van der Waals surface area contributed by atoms with Crippen molar-refractivity contribution in [3.63, 3.8) is 0 Å². The second-order valence-corrected chi connectivity index (χ2v) is 7.47. The highest BCUT2D eigenvalue weighted by atomic mass is 16.5. The quantitative estimate of drug-likeness (QED) is 0.687. The van der Waals surface area contributed by atoms with Gasteiger partial charge in [0.25, 0.3) is 5.91 Å². The Morgan fingerprint density at radius 2 is 1.83 bits per heavy atom. The molecular formula is C24H22N2O3. The van der Waals surface area contributed by atoms with E-state index in [0.717, 1.165) is 46.1 Å². The largest absolute Gasteiger partial charge is 0.452 e. The molecule has 146 valence electrons. The summed E-state index contributed by atoms with van der Waals surface area (Å²) in [5.74, 6) is -0.862. The van der Waals surface area contributed by atoms with Gasteiger partial charge in [0, 0.05) is 5.39 Å². The Morgan fingerprint density at radius 1 is 1.10 bits per heavy atom. The molecule has 2 aromatic carbocycles. The predicted octanol–water partition coefficient (Wildman–Crippen LogP) is 4.00. The second-order valence-electron chi connectivity index (χ2n) is 7.47. The Bertz CT molecular complexity index is 1120. The van der Waals surface area contributed by atoms with Gasteiger partial charge in [-0.3, -0.25) is 4.79 Å². The number of aromatic nitrogens is 1. The molecule has 2 N–H and O–H groups in total. The molecule has 0 fully saturated rings. The molecule has 1 atom stereocenters. The van der Waals surface area contributed by atoms with Gasteiger partial charge >= 0.3 is 5.97 Å². The van der Waals surface area contributed by atoms with Gasteiger partial charge in [-0.15, -0.1) is 0 Å². The summed E-state index contributed by atoms with van der Waals surface area (Å²) in [4.78, 5) is 28.9. The number of nitrogens with zero attached hydrogens (tertiary/aromatic N) is 1. The Labute approximate surface area is 169 Å². The molecule has 4 rings (SSSR count). The Balaban J connectivity index is 1.91. The van der Waals surface area contributed by atoms with E-state index in [9.17, 15) is 9.59 Å². The van der Waals surface area contributed by atoms with Crippen molar-refractivity contribution < 1.29 is 14.3 Å². The maximum absolute atomic E-state index is 12.9. The maximum Gasteiger partial charge on any atom is 0.339 e. The fraction of sp³-hybridized carbons (Fsp3) is 0.208. The number of para-hydroxylation sites is 1. The molecule has 0 radical (unpaired) electrons. The molecular weight excluding hydrogens is 364 g/mol. The second kappa shape index (κ2) is 7.87. The minimum absolute atomic E-state index is 0.350. The van der Waals surface area contributed by atoms with E-state index in [2.05, 4.69) is 25.1 Å². The normalized spacial score (nSPS) is 17.1.